The number of aliphatic carboxylic acids is 1. The highest BCUT2D eigenvalue weighted by Gasteiger charge is 2.50. The summed E-state index contributed by atoms with van der Waals surface area (Å²) < 4.78 is 0. The van der Waals surface area contributed by atoms with E-state index in [2.05, 4.69) is 19.9 Å². The van der Waals surface area contributed by atoms with Gasteiger partial charge in [0.25, 0.3) is 0 Å². The Hall–Kier alpha value is -1.05. The van der Waals surface area contributed by atoms with Crippen LogP contribution in [0.15, 0.2) is 23.8 Å². The summed E-state index contributed by atoms with van der Waals surface area (Å²) in [5.41, 5.74) is 1.60. The zero-order chi connectivity index (χ0) is 10.3. The molecule has 0 heterocycles. The summed E-state index contributed by atoms with van der Waals surface area (Å²) in [6, 6.07) is 0. The maximum Gasteiger partial charge on any atom is 0.328 e. The van der Waals surface area contributed by atoms with E-state index >= 15 is 0 Å². The zero-order valence-electron chi connectivity index (χ0n) is 8.66. The fourth-order valence-corrected chi connectivity index (χ4v) is 2.75. The predicted octanol–water partition coefficient (Wildman–Crippen LogP) is 2.62. The summed E-state index contributed by atoms with van der Waals surface area (Å²) in [4.78, 5) is 10.4. The molecule has 1 N–H and O–H groups in total. The number of carbonyl (C=O) groups is 1. The maximum atomic E-state index is 10.4. The maximum absolute atomic E-state index is 10.4. The topological polar surface area (TPSA) is 37.3 Å². The van der Waals surface area contributed by atoms with Crippen molar-refractivity contribution in [2.45, 2.75) is 26.7 Å². The molecule has 2 unspecified atom stereocenters. The molecule has 0 aromatic rings. The Balaban J connectivity index is 2.15. The molecule has 0 spiro atoms. The lowest BCUT2D eigenvalue weighted by atomic mass is 9.49. The van der Waals surface area contributed by atoms with Gasteiger partial charge in [0.2, 0.25) is 0 Å². The minimum Gasteiger partial charge on any atom is -0.478 e. The van der Waals surface area contributed by atoms with Crippen molar-refractivity contribution >= 4 is 5.97 Å². The van der Waals surface area contributed by atoms with Crippen LogP contribution in [0.5, 0.6) is 0 Å². The minimum atomic E-state index is -0.856. The van der Waals surface area contributed by atoms with Gasteiger partial charge in [-0.2, -0.15) is 0 Å². The van der Waals surface area contributed by atoms with Crippen molar-refractivity contribution in [1.82, 2.24) is 0 Å². The van der Waals surface area contributed by atoms with Crippen LogP contribution in [0.4, 0.5) is 0 Å². The SMILES string of the molecule is CC1(C)C2CC=C(C=CC(=O)O)C1C2. The first-order valence-electron chi connectivity index (χ1n) is 5.13. The fourth-order valence-electron chi connectivity index (χ4n) is 2.75. The second-order valence-electron chi connectivity index (χ2n) is 4.92. The molecule has 3 rings (SSSR count). The van der Waals surface area contributed by atoms with Gasteiger partial charge in [0.15, 0.2) is 0 Å². The standard InChI is InChI=1S/C12H16O2/c1-12(2)9-5-3-8(10(12)7-9)4-6-11(13)14/h3-4,6,9-10H,5,7H2,1-2H3,(H,13,14). The van der Waals surface area contributed by atoms with Gasteiger partial charge in [-0.3, -0.25) is 0 Å². The van der Waals surface area contributed by atoms with Gasteiger partial charge in [-0.25, -0.2) is 4.79 Å². The molecule has 2 bridgehead atoms. The number of carboxylic acids is 1. The normalized spacial score (nSPS) is 33.7. The quantitative estimate of drug-likeness (QED) is 0.683. The van der Waals surface area contributed by atoms with Crippen LogP contribution in [-0.4, -0.2) is 11.1 Å². The summed E-state index contributed by atoms with van der Waals surface area (Å²) >= 11 is 0. The molecular weight excluding hydrogens is 176 g/mol. The molecule has 0 saturated heterocycles. The van der Waals surface area contributed by atoms with Crippen molar-refractivity contribution < 1.29 is 9.90 Å². The number of fused-ring (bicyclic) bond motifs is 1. The van der Waals surface area contributed by atoms with Gasteiger partial charge >= 0.3 is 5.97 Å². The Morgan fingerprint density at radius 3 is 2.86 bits per heavy atom. The van der Waals surface area contributed by atoms with Gasteiger partial charge in [0.05, 0.1) is 0 Å². The molecule has 2 nitrogen and oxygen atoms in total. The van der Waals surface area contributed by atoms with E-state index in [0.29, 0.717) is 11.3 Å². The average Bonchev–Trinajstić information content (AvgIpc) is 2.14. The number of carboxylic acid groups (broad SMARTS) is 1. The van der Waals surface area contributed by atoms with Crippen molar-refractivity contribution in [3.63, 3.8) is 0 Å². The van der Waals surface area contributed by atoms with Gasteiger partial charge in [-0.1, -0.05) is 26.0 Å². The Kier molecular flexibility index (Phi) is 2.02. The third kappa shape index (κ3) is 1.29. The minimum absolute atomic E-state index is 0.382. The molecular formula is C12H16O2. The van der Waals surface area contributed by atoms with Crippen LogP contribution in [0, 0.1) is 17.3 Å². The largest absolute Gasteiger partial charge is 0.478 e. The van der Waals surface area contributed by atoms with Crippen molar-refractivity contribution in [1.29, 1.82) is 0 Å². The van der Waals surface area contributed by atoms with E-state index in [1.165, 1.54) is 18.1 Å². The molecule has 76 valence electrons. The Bertz CT molecular complexity index is 323. The smallest absolute Gasteiger partial charge is 0.328 e. The molecule has 14 heavy (non-hydrogen) atoms. The first-order valence-corrected chi connectivity index (χ1v) is 5.13. The predicted molar refractivity (Wildman–Crippen MR) is 54.9 cm³/mol. The Labute approximate surface area is 84.3 Å². The van der Waals surface area contributed by atoms with E-state index in [1.807, 2.05) is 0 Å². The van der Waals surface area contributed by atoms with Crippen molar-refractivity contribution in [3.8, 4) is 0 Å². The number of allylic oxidation sites excluding steroid dienone is 3. The number of hydrogen-bond donors (Lipinski definition) is 1. The molecule has 0 radical (unpaired) electrons. The summed E-state index contributed by atoms with van der Waals surface area (Å²) in [7, 11) is 0. The summed E-state index contributed by atoms with van der Waals surface area (Å²) in [5, 5.41) is 8.56. The van der Waals surface area contributed by atoms with E-state index in [-0.39, 0.29) is 0 Å². The molecule has 3 aliphatic carbocycles. The van der Waals surface area contributed by atoms with Gasteiger partial charge in [-0.15, -0.1) is 0 Å². The molecule has 2 heteroatoms. The van der Waals surface area contributed by atoms with E-state index in [0.717, 1.165) is 12.3 Å². The Morgan fingerprint density at radius 2 is 2.36 bits per heavy atom. The molecule has 0 amide bonds. The lowest BCUT2D eigenvalue weighted by Gasteiger charge is -2.56. The van der Waals surface area contributed by atoms with Crippen LogP contribution in [0.25, 0.3) is 0 Å². The summed E-state index contributed by atoms with van der Waals surface area (Å²) in [5.74, 6) is 0.538. The monoisotopic (exact) mass is 192 g/mol. The third-order valence-corrected chi connectivity index (χ3v) is 3.93. The summed E-state index contributed by atoms with van der Waals surface area (Å²) in [6.07, 6.45) is 7.57. The molecule has 0 aliphatic heterocycles. The van der Waals surface area contributed by atoms with Gasteiger partial charge in [0, 0.05) is 6.08 Å². The third-order valence-electron chi connectivity index (χ3n) is 3.93. The van der Waals surface area contributed by atoms with E-state index in [9.17, 15) is 4.79 Å². The number of hydrogen-bond acceptors (Lipinski definition) is 1. The first-order chi connectivity index (χ1) is 6.51. The molecule has 2 atom stereocenters. The van der Waals surface area contributed by atoms with Gasteiger partial charge < -0.3 is 5.11 Å². The van der Waals surface area contributed by atoms with Crippen LogP contribution in [-0.2, 0) is 4.79 Å². The zero-order valence-corrected chi connectivity index (χ0v) is 8.66. The highest BCUT2D eigenvalue weighted by atomic mass is 16.4. The Morgan fingerprint density at radius 1 is 1.64 bits per heavy atom. The second kappa shape index (κ2) is 2.97. The molecule has 0 aromatic carbocycles. The highest BCUT2D eigenvalue weighted by molar-refractivity contribution is 5.80. The van der Waals surface area contributed by atoms with Crippen molar-refractivity contribution in [2.75, 3.05) is 0 Å². The van der Waals surface area contributed by atoms with Crippen LogP contribution < -0.4 is 0 Å². The van der Waals surface area contributed by atoms with Crippen molar-refractivity contribution in [3.05, 3.63) is 23.8 Å². The number of rotatable bonds is 2. The van der Waals surface area contributed by atoms with E-state index in [1.54, 1.807) is 6.08 Å². The van der Waals surface area contributed by atoms with Crippen LogP contribution >= 0.6 is 0 Å². The van der Waals surface area contributed by atoms with E-state index in [4.69, 9.17) is 5.11 Å². The van der Waals surface area contributed by atoms with E-state index < -0.39 is 5.97 Å². The lowest BCUT2D eigenvalue weighted by molar-refractivity contribution is -0.131. The first kappa shape index (κ1) is 9.50. The molecule has 1 saturated carbocycles. The van der Waals surface area contributed by atoms with Crippen LogP contribution in [0.1, 0.15) is 26.7 Å². The van der Waals surface area contributed by atoms with Gasteiger partial charge in [0.1, 0.15) is 0 Å². The molecule has 1 fully saturated rings. The van der Waals surface area contributed by atoms with Crippen LogP contribution in [0.2, 0.25) is 0 Å². The lowest BCUT2D eigenvalue weighted by Crippen LogP contribution is -2.47. The van der Waals surface area contributed by atoms with Crippen LogP contribution in [0.3, 0.4) is 0 Å². The molecule has 3 aliphatic rings. The fraction of sp³-hybridized carbons (Fsp3) is 0.583. The summed E-state index contributed by atoms with van der Waals surface area (Å²) in [6.45, 7) is 4.57. The molecule has 0 aromatic heterocycles. The van der Waals surface area contributed by atoms with Crippen molar-refractivity contribution in [2.24, 2.45) is 17.3 Å². The average molecular weight is 192 g/mol. The second-order valence-corrected chi connectivity index (χ2v) is 4.92. The van der Waals surface area contributed by atoms with Gasteiger partial charge in [-0.05, 0) is 35.7 Å². The highest BCUT2D eigenvalue weighted by Crippen LogP contribution is 2.59.